The molecule has 1 fully saturated rings. The first-order chi connectivity index (χ1) is 15.1. The van der Waals surface area contributed by atoms with E-state index in [4.69, 9.17) is 9.57 Å². The second-order valence-electron chi connectivity index (χ2n) is 7.69. The van der Waals surface area contributed by atoms with Crippen LogP contribution < -0.4 is 0 Å². The van der Waals surface area contributed by atoms with Gasteiger partial charge in [0.05, 0.1) is 19.8 Å². The molecule has 0 aromatic heterocycles. The average molecular weight is 425 g/mol. The van der Waals surface area contributed by atoms with Crippen molar-refractivity contribution in [2.75, 3.05) is 6.61 Å². The molecule has 7 nitrogen and oxygen atoms in total. The van der Waals surface area contributed by atoms with Crippen LogP contribution in [0, 0.1) is 0 Å². The highest BCUT2D eigenvalue weighted by Crippen LogP contribution is 2.27. The molecule has 0 saturated carbocycles. The van der Waals surface area contributed by atoms with E-state index in [2.05, 4.69) is 0 Å². The lowest BCUT2D eigenvalue weighted by Gasteiger charge is -2.44. The molecule has 0 spiro atoms. The first kappa shape index (κ1) is 21.9. The molecule has 0 aliphatic carbocycles. The van der Waals surface area contributed by atoms with Crippen LogP contribution in [0.1, 0.15) is 11.1 Å². The highest BCUT2D eigenvalue weighted by Gasteiger charge is 2.46. The minimum Gasteiger partial charge on any atom is -0.394 e. The Labute approximate surface area is 180 Å². The van der Waals surface area contributed by atoms with Crippen molar-refractivity contribution in [1.82, 2.24) is 5.06 Å². The van der Waals surface area contributed by atoms with Crippen molar-refractivity contribution in [2.45, 2.75) is 43.8 Å². The van der Waals surface area contributed by atoms with Gasteiger partial charge < -0.3 is 25.2 Å². The molecule has 3 aromatic rings. The van der Waals surface area contributed by atoms with E-state index in [0.29, 0.717) is 0 Å². The third-order valence-corrected chi connectivity index (χ3v) is 5.60. The summed E-state index contributed by atoms with van der Waals surface area (Å²) in [7, 11) is 0. The van der Waals surface area contributed by atoms with E-state index >= 15 is 0 Å². The first-order valence-corrected chi connectivity index (χ1v) is 10.3. The topological polar surface area (TPSA) is 103 Å². The zero-order chi connectivity index (χ0) is 21.8. The number of ether oxygens (including phenoxy) is 1. The molecule has 31 heavy (non-hydrogen) atoms. The number of hydrogen-bond donors (Lipinski definition) is 4. The van der Waals surface area contributed by atoms with Crippen molar-refractivity contribution in [3.05, 3.63) is 83.9 Å². The standard InChI is InChI=1S/C24H27NO6/c26-14-20-21(27)22(28)23(29)24(31-20)25(30-15-16-7-2-1-3-8-16)13-18-11-6-10-17-9-4-5-12-19(17)18/h1-12,20-24,26-29H,13-15H2/t20-,21-,22+,23-,24-/m1/s1. The number of hydroxylamine groups is 2. The van der Waals surface area contributed by atoms with Gasteiger partial charge in [-0.25, -0.2) is 0 Å². The molecule has 1 heterocycles. The quantitative estimate of drug-likeness (QED) is 0.426. The summed E-state index contributed by atoms with van der Waals surface area (Å²) in [5.41, 5.74) is 1.87. The fourth-order valence-electron chi connectivity index (χ4n) is 3.86. The minimum absolute atomic E-state index is 0.223. The SMILES string of the molecule is OC[C@H]1O[C@@H](N(Cc2cccc3ccccc23)OCc2ccccc2)[C@H](O)[C@@H](O)[C@@H]1O. The largest absolute Gasteiger partial charge is 0.394 e. The molecule has 1 aliphatic rings. The van der Waals surface area contributed by atoms with E-state index in [0.717, 1.165) is 21.9 Å². The summed E-state index contributed by atoms with van der Waals surface area (Å²) < 4.78 is 5.76. The molecule has 0 amide bonds. The van der Waals surface area contributed by atoms with Gasteiger partial charge >= 0.3 is 0 Å². The van der Waals surface area contributed by atoms with E-state index in [-0.39, 0.29) is 13.2 Å². The fraction of sp³-hybridized carbons (Fsp3) is 0.333. The molecule has 0 radical (unpaired) electrons. The van der Waals surface area contributed by atoms with Crippen LogP contribution >= 0.6 is 0 Å². The second kappa shape index (κ2) is 9.84. The van der Waals surface area contributed by atoms with Gasteiger partial charge in [0.15, 0.2) is 6.23 Å². The van der Waals surface area contributed by atoms with Crippen LogP contribution in [-0.4, -0.2) is 62.7 Å². The van der Waals surface area contributed by atoms with Gasteiger partial charge in [0.25, 0.3) is 0 Å². The summed E-state index contributed by atoms with van der Waals surface area (Å²) in [4.78, 5) is 6.04. The number of rotatable bonds is 7. The van der Waals surface area contributed by atoms with Gasteiger partial charge in [-0.1, -0.05) is 72.8 Å². The number of nitrogens with zero attached hydrogens (tertiary/aromatic N) is 1. The smallest absolute Gasteiger partial charge is 0.162 e. The van der Waals surface area contributed by atoms with Gasteiger partial charge in [-0.2, -0.15) is 5.06 Å². The summed E-state index contributed by atoms with van der Waals surface area (Å²) >= 11 is 0. The van der Waals surface area contributed by atoms with Crippen LogP contribution in [0.5, 0.6) is 0 Å². The minimum atomic E-state index is -1.48. The third kappa shape index (κ3) is 4.78. The van der Waals surface area contributed by atoms with Gasteiger partial charge in [-0.3, -0.25) is 4.84 Å². The Balaban J connectivity index is 1.63. The van der Waals surface area contributed by atoms with Crippen molar-refractivity contribution < 1.29 is 30.0 Å². The van der Waals surface area contributed by atoms with Gasteiger partial charge in [0.2, 0.25) is 0 Å². The van der Waals surface area contributed by atoms with Gasteiger partial charge in [-0.15, -0.1) is 0 Å². The average Bonchev–Trinajstić information content (AvgIpc) is 2.81. The Bertz CT molecular complexity index is 977. The zero-order valence-corrected chi connectivity index (χ0v) is 17.0. The maximum Gasteiger partial charge on any atom is 0.162 e. The Kier molecular flexibility index (Phi) is 6.94. The molecule has 7 heteroatoms. The second-order valence-corrected chi connectivity index (χ2v) is 7.69. The molecule has 5 atom stereocenters. The third-order valence-electron chi connectivity index (χ3n) is 5.60. The van der Waals surface area contributed by atoms with Crippen LogP contribution in [0.3, 0.4) is 0 Å². The maximum absolute atomic E-state index is 10.6. The summed E-state index contributed by atoms with van der Waals surface area (Å²) in [6.45, 7) is -0.0141. The molecule has 0 bridgehead atoms. The van der Waals surface area contributed by atoms with E-state index in [9.17, 15) is 20.4 Å². The Morgan fingerprint density at radius 2 is 1.52 bits per heavy atom. The maximum atomic E-state index is 10.6. The molecular formula is C24H27NO6. The van der Waals surface area contributed by atoms with Crippen LogP contribution in [0.15, 0.2) is 72.8 Å². The van der Waals surface area contributed by atoms with Gasteiger partial charge in [-0.05, 0) is 21.9 Å². The molecule has 3 aromatic carbocycles. The molecule has 4 N–H and O–H groups in total. The molecule has 1 aliphatic heterocycles. The normalized spacial score (nSPS) is 26.4. The summed E-state index contributed by atoms with van der Waals surface area (Å²) in [5, 5.41) is 44.2. The first-order valence-electron chi connectivity index (χ1n) is 10.3. The predicted octanol–water partition coefficient (Wildman–Crippen LogP) is 1.57. The highest BCUT2D eigenvalue weighted by molar-refractivity contribution is 5.85. The van der Waals surface area contributed by atoms with E-state index < -0.39 is 37.3 Å². The van der Waals surface area contributed by atoms with Crippen LogP contribution in [0.4, 0.5) is 0 Å². The van der Waals surface area contributed by atoms with Crippen molar-refractivity contribution in [1.29, 1.82) is 0 Å². The number of fused-ring (bicyclic) bond motifs is 1. The Morgan fingerprint density at radius 3 is 2.29 bits per heavy atom. The monoisotopic (exact) mass is 425 g/mol. The van der Waals surface area contributed by atoms with E-state index in [1.54, 1.807) is 0 Å². The lowest BCUT2D eigenvalue weighted by molar-refractivity contribution is -0.342. The molecule has 164 valence electrons. The van der Waals surface area contributed by atoms with Gasteiger partial charge in [0, 0.05) is 0 Å². The van der Waals surface area contributed by atoms with Crippen molar-refractivity contribution in [3.8, 4) is 0 Å². The highest BCUT2D eigenvalue weighted by atomic mass is 16.7. The summed E-state index contributed by atoms with van der Waals surface area (Å²) in [6, 6.07) is 23.4. The molecule has 1 saturated heterocycles. The Morgan fingerprint density at radius 1 is 0.806 bits per heavy atom. The van der Waals surface area contributed by atoms with Crippen LogP contribution in [0.2, 0.25) is 0 Å². The number of aliphatic hydroxyl groups excluding tert-OH is 4. The van der Waals surface area contributed by atoms with E-state index in [1.807, 2.05) is 72.8 Å². The molecule has 4 rings (SSSR count). The van der Waals surface area contributed by atoms with Crippen molar-refractivity contribution >= 4 is 10.8 Å². The lowest BCUT2D eigenvalue weighted by atomic mass is 9.98. The van der Waals surface area contributed by atoms with E-state index in [1.165, 1.54) is 5.06 Å². The number of benzene rings is 3. The van der Waals surface area contributed by atoms with Crippen molar-refractivity contribution in [2.24, 2.45) is 0 Å². The summed E-state index contributed by atoms with van der Waals surface area (Å²) in [6.07, 6.45) is -6.43. The predicted molar refractivity (Wildman–Crippen MR) is 114 cm³/mol. The lowest BCUT2D eigenvalue weighted by Crippen LogP contribution is -2.63. The summed E-state index contributed by atoms with van der Waals surface area (Å²) in [5.74, 6) is 0. The molecular weight excluding hydrogens is 398 g/mol. The van der Waals surface area contributed by atoms with Gasteiger partial charge in [0.1, 0.15) is 24.4 Å². The van der Waals surface area contributed by atoms with Crippen molar-refractivity contribution in [3.63, 3.8) is 0 Å². The number of hydrogen-bond acceptors (Lipinski definition) is 7. The Hall–Kier alpha value is -2.36. The van der Waals surface area contributed by atoms with Crippen LogP contribution in [0.25, 0.3) is 10.8 Å². The van der Waals surface area contributed by atoms with Crippen LogP contribution in [-0.2, 0) is 22.7 Å². The molecule has 0 unspecified atom stereocenters. The zero-order valence-electron chi connectivity index (χ0n) is 17.0. The number of aliphatic hydroxyl groups is 4. The fourth-order valence-corrected chi connectivity index (χ4v) is 3.86.